The molecule has 1 aromatic heterocycles. The number of halogens is 9. The average Bonchev–Trinajstić information content (AvgIpc) is 2.75. The van der Waals surface area contributed by atoms with Gasteiger partial charge in [0.25, 0.3) is 11.9 Å². The molecule has 1 unspecified atom stereocenters. The average molecular weight is 546 g/mol. The highest BCUT2D eigenvalue weighted by atomic mass is 32.2. The summed E-state index contributed by atoms with van der Waals surface area (Å²) < 4.78 is 117. The lowest BCUT2D eigenvalue weighted by molar-refractivity contribution is -0.143. The van der Waals surface area contributed by atoms with Crippen LogP contribution in [-0.2, 0) is 12.4 Å². The van der Waals surface area contributed by atoms with Crippen LogP contribution in [0.1, 0.15) is 28.4 Å². The van der Waals surface area contributed by atoms with E-state index in [1.165, 1.54) is 18.5 Å². The standard InChI is InChI=1S/C19H15F9N6OS/c1-9(13(32-15(29)36-19(26,27)28)33-16-30-4-3-5-31-16)34(2)14(35)10-6-11(17(20,21)22)8-12(7-10)18(23,24)25/h3-9H,1-2H3,(H2,29,30,31,32,33). The van der Waals surface area contributed by atoms with Gasteiger partial charge in [-0.1, -0.05) is 0 Å². The Hall–Kier alpha value is -3.37. The molecule has 2 aromatic rings. The third-order valence-electron chi connectivity index (χ3n) is 4.32. The second-order valence-electron chi connectivity index (χ2n) is 6.90. The lowest BCUT2D eigenvalue weighted by Crippen LogP contribution is -2.40. The van der Waals surface area contributed by atoms with Gasteiger partial charge in [0.1, 0.15) is 0 Å². The summed E-state index contributed by atoms with van der Waals surface area (Å²) in [5.74, 6) is -2.22. The summed E-state index contributed by atoms with van der Waals surface area (Å²) in [6, 6.07) is 0.266. The molecule has 2 rings (SSSR count). The number of nitrogens with zero attached hydrogens (tertiary/aromatic N) is 5. The lowest BCUT2D eigenvalue weighted by atomic mass is 10.0. The third-order valence-corrected chi connectivity index (χ3v) is 4.85. The molecule has 1 aromatic carbocycles. The summed E-state index contributed by atoms with van der Waals surface area (Å²) in [7, 11) is 0.977. The van der Waals surface area contributed by atoms with Crippen LogP contribution in [0.3, 0.4) is 0 Å². The number of hydrogen-bond acceptors (Lipinski definition) is 5. The van der Waals surface area contributed by atoms with Crippen LogP contribution in [0.2, 0.25) is 0 Å². The minimum Gasteiger partial charge on any atom is -0.378 e. The Bertz CT molecular complexity index is 1110. The fourth-order valence-corrected chi connectivity index (χ4v) is 2.92. The van der Waals surface area contributed by atoms with Crippen LogP contribution in [0.5, 0.6) is 0 Å². The van der Waals surface area contributed by atoms with Gasteiger partial charge in [-0.25, -0.2) is 15.0 Å². The van der Waals surface area contributed by atoms with Gasteiger partial charge in [-0.3, -0.25) is 4.79 Å². The van der Waals surface area contributed by atoms with Crippen molar-refractivity contribution in [2.24, 2.45) is 15.7 Å². The number of aliphatic imine (C=N–C) groups is 2. The largest absolute Gasteiger partial charge is 0.449 e. The summed E-state index contributed by atoms with van der Waals surface area (Å²) in [6.45, 7) is 1.16. The van der Waals surface area contributed by atoms with Crippen molar-refractivity contribution in [3.63, 3.8) is 0 Å². The van der Waals surface area contributed by atoms with Gasteiger partial charge < -0.3 is 10.6 Å². The summed E-state index contributed by atoms with van der Waals surface area (Å²) in [4.78, 5) is 28.3. The molecule has 7 nitrogen and oxygen atoms in total. The highest BCUT2D eigenvalue weighted by molar-refractivity contribution is 8.14. The normalized spacial score (nSPS) is 14.5. The molecule has 2 N–H and O–H groups in total. The van der Waals surface area contributed by atoms with Crippen LogP contribution in [0.25, 0.3) is 0 Å². The predicted molar refractivity (Wildman–Crippen MR) is 112 cm³/mol. The first-order chi connectivity index (χ1) is 16.4. The number of likely N-dealkylation sites (N-methyl/N-ethyl adjacent to an activating group) is 1. The summed E-state index contributed by atoms with van der Waals surface area (Å²) >= 11 is -0.808. The second-order valence-corrected chi connectivity index (χ2v) is 7.99. The molecule has 0 aliphatic carbocycles. The molecule has 17 heteroatoms. The van der Waals surface area contributed by atoms with Gasteiger partial charge in [0.2, 0.25) is 0 Å². The Morgan fingerprint density at radius 1 is 0.972 bits per heavy atom. The number of carbonyl (C=O) groups excluding carboxylic acids is 1. The van der Waals surface area contributed by atoms with Gasteiger partial charge in [0, 0.05) is 36.8 Å². The number of thioether (sulfide) groups is 1. The van der Waals surface area contributed by atoms with E-state index in [1.807, 2.05) is 0 Å². The molecule has 1 atom stereocenters. The van der Waals surface area contributed by atoms with Gasteiger partial charge in [0.15, 0.2) is 11.0 Å². The van der Waals surface area contributed by atoms with Crippen LogP contribution >= 0.6 is 11.8 Å². The molecule has 0 spiro atoms. The molecule has 0 bridgehead atoms. The number of carbonyl (C=O) groups is 1. The number of benzene rings is 1. The Morgan fingerprint density at radius 3 is 1.92 bits per heavy atom. The molecule has 0 radical (unpaired) electrons. The fraction of sp³-hybridized carbons (Fsp3) is 0.316. The Kier molecular flexibility index (Phi) is 8.59. The molecule has 0 aliphatic heterocycles. The number of alkyl halides is 9. The maximum atomic E-state index is 13.2. The van der Waals surface area contributed by atoms with Gasteiger partial charge in [-0.2, -0.15) is 44.5 Å². The Morgan fingerprint density at radius 2 is 1.47 bits per heavy atom. The van der Waals surface area contributed by atoms with Crippen molar-refractivity contribution in [3.8, 4) is 0 Å². The Balaban J connectivity index is 2.53. The number of rotatable bonds is 4. The van der Waals surface area contributed by atoms with E-state index in [0.29, 0.717) is 4.90 Å². The van der Waals surface area contributed by atoms with E-state index < -0.39 is 69.3 Å². The number of amides is 1. The predicted octanol–water partition coefficient (Wildman–Crippen LogP) is 5.27. The molecular weight excluding hydrogens is 531 g/mol. The molecule has 0 saturated heterocycles. The van der Waals surface area contributed by atoms with E-state index in [-0.39, 0.29) is 24.1 Å². The summed E-state index contributed by atoms with van der Waals surface area (Å²) in [6.07, 6.45) is -7.96. The van der Waals surface area contributed by atoms with Crippen LogP contribution in [0, 0.1) is 0 Å². The minimum atomic E-state index is -5.20. The van der Waals surface area contributed by atoms with Crippen molar-refractivity contribution in [3.05, 3.63) is 53.3 Å². The maximum absolute atomic E-state index is 13.2. The van der Waals surface area contributed by atoms with E-state index in [4.69, 9.17) is 5.73 Å². The SMILES string of the molecule is CC(/C(N=C(N)SC(F)(F)F)=N\c1ncccn1)N(C)C(=O)c1cc(C(F)(F)F)cc(C(F)(F)F)c1. The van der Waals surface area contributed by atoms with Gasteiger partial charge in [0.05, 0.1) is 17.2 Å². The number of nitrogens with two attached hydrogens (primary N) is 1. The maximum Gasteiger partial charge on any atom is 0.449 e. The molecule has 0 saturated carbocycles. The molecule has 1 heterocycles. The van der Waals surface area contributed by atoms with Crippen molar-refractivity contribution >= 4 is 34.6 Å². The summed E-state index contributed by atoms with van der Waals surface area (Å²) in [5.41, 5.74) is -3.97. The smallest absolute Gasteiger partial charge is 0.378 e. The molecule has 0 aliphatic rings. The van der Waals surface area contributed by atoms with Crippen LogP contribution in [0.4, 0.5) is 45.5 Å². The molecule has 0 fully saturated rings. The first kappa shape index (κ1) is 28.9. The van der Waals surface area contributed by atoms with Gasteiger partial charge >= 0.3 is 17.9 Å². The quantitative estimate of drug-likeness (QED) is 0.320. The monoisotopic (exact) mass is 546 g/mol. The van der Waals surface area contributed by atoms with Gasteiger partial charge in [-0.05, 0) is 31.2 Å². The zero-order valence-corrected chi connectivity index (χ0v) is 18.9. The van der Waals surface area contributed by atoms with Crippen molar-refractivity contribution in [1.82, 2.24) is 14.9 Å². The minimum absolute atomic E-state index is 0.154. The van der Waals surface area contributed by atoms with E-state index in [1.54, 1.807) is 0 Å². The van der Waals surface area contributed by atoms with E-state index in [9.17, 15) is 44.3 Å². The van der Waals surface area contributed by atoms with Gasteiger partial charge in [-0.15, -0.1) is 0 Å². The number of hydrogen-bond donors (Lipinski definition) is 1. The highest BCUT2D eigenvalue weighted by Crippen LogP contribution is 2.36. The van der Waals surface area contributed by atoms with E-state index >= 15 is 0 Å². The first-order valence-corrected chi connectivity index (χ1v) is 10.2. The van der Waals surface area contributed by atoms with Crippen molar-refractivity contribution < 1.29 is 44.3 Å². The zero-order chi connectivity index (χ0) is 27.5. The molecule has 196 valence electrons. The topological polar surface area (TPSA) is 96.8 Å². The van der Waals surface area contributed by atoms with Crippen molar-refractivity contribution in [1.29, 1.82) is 0 Å². The second kappa shape index (κ2) is 10.7. The lowest BCUT2D eigenvalue weighted by Gasteiger charge is -2.25. The van der Waals surface area contributed by atoms with E-state index in [0.717, 1.165) is 14.0 Å². The molecule has 36 heavy (non-hydrogen) atoms. The third kappa shape index (κ3) is 8.10. The number of amidine groups is 2. The van der Waals surface area contributed by atoms with Crippen LogP contribution in [0.15, 0.2) is 46.6 Å². The molecular formula is C19H15F9N6OS. The fourth-order valence-electron chi connectivity index (χ4n) is 2.55. The zero-order valence-electron chi connectivity index (χ0n) is 18.1. The Labute approximate surface area is 201 Å². The van der Waals surface area contributed by atoms with Crippen LogP contribution in [-0.4, -0.2) is 50.4 Å². The molecule has 1 amide bonds. The highest BCUT2D eigenvalue weighted by Gasteiger charge is 2.38. The first-order valence-electron chi connectivity index (χ1n) is 9.40. The van der Waals surface area contributed by atoms with Crippen LogP contribution < -0.4 is 5.73 Å². The number of aromatic nitrogens is 2. The van der Waals surface area contributed by atoms with E-state index in [2.05, 4.69) is 20.0 Å². The van der Waals surface area contributed by atoms with Crippen molar-refractivity contribution in [2.45, 2.75) is 30.8 Å². The van der Waals surface area contributed by atoms with Crippen molar-refractivity contribution in [2.75, 3.05) is 7.05 Å². The summed E-state index contributed by atoms with van der Waals surface area (Å²) in [5, 5.41) is -1.05.